The zero-order valence-electron chi connectivity index (χ0n) is 9.26. The van der Waals surface area contributed by atoms with Crippen molar-refractivity contribution in [3.8, 4) is 0 Å². The van der Waals surface area contributed by atoms with Gasteiger partial charge in [0.25, 0.3) is 0 Å². The van der Waals surface area contributed by atoms with Crippen molar-refractivity contribution < 1.29 is 0 Å². The Kier molecular flexibility index (Phi) is 2.23. The Labute approximate surface area is 99.8 Å². The molecular weight excluding hydrogens is 220 g/mol. The van der Waals surface area contributed by atoms with Gasteiger partial charge in [-0.3, -0.25) is 0 Å². The summed E-state index contributed by atoms with van der Waals surface area (Å²) in [5, 5.41) is 1.99. The summed E-state index contributed by atoms with van der Waals surface area (Å²) in [7, 11) is 0. The summed E-state index contributed by atoms with van der Waals surface area (Å²) in [5.41, 5.74) is 9.42. The Hall–Kier alpha value is -0.990. The molecule has 84 valence electrons. The molecule has 3 rings (SSSR count). The summed E-state index contributed by atoms with van der Waals surface area (Å²) in [5.74, 6) is 0.640. The summed E-state index contributed by atoms with van der Waals surface area (Å²) in [6.07, 6.45) is 2.50. The van der Waals surface area contributed by atoms with Gasteiger partial charge in [-0.05, 0) is 31.4 Å². The summed E-state index contributed by atoms with van der Waals surface area (Å²) < 4.78 is 0. The fourth-order valence-corrected chi connectivity index (χ4v) is 2.70. The minimum Gasteiger partial charge on any atom is -0.357 e. The number of nitrogens with two attached hydrogens (primary N) is 1. The molecule has 2 aromatic rings. The minimum absolute atomic E-state index is 0.0176. The van der Waals surface area contributed by atoms with Crippen LogP contribution in [-0.2, 0) is 0 Å². The van der Waals surface area contributed by atoms with Crippen LogP contribution >= 0.6 is 11.6 Å². The van der Waals surface area contributed by atoms with E-state index in [1.165, 1.54) is 18.5 Å². The normalized spacial score (nSPS) is 17.9. The number of H-pyrrole nitrogens is 1. The van der Waals surface area contributed by atoms with Gasteiger partial charge in [-0.15, -0.1) is 0 Å². The van der Waals surface area contributed by atoms with E-state index in [4.69, 9.17) is 17.3 Å². The first-order valence-electron chi connectivity index (χ1n) is 5.74. The molecule has 1 atom stereocenters. The van der Waals surface area contributed by atoms with E-state index < -0.39 is 0 Å². The molecule has 1 aliphatic rings. The lowest BCUT2D eigenvalue weighted by molar-refractivity contribution is 0.827. The second kappa shape index (κ2) is 3.51. The Balaban J connectivity index is 2.28. The van der Waals surface area contributed by atoms with Crippen molar-refractivity contribution in [1.29, 1.82) is 0 Å². The van der Waals surface area contributed by atoms with Crippen LogP contribution in [0.5, 0.6) is 0 Å². The Morgan fingerprint density at radius 1 is 1.44 bits per heavy atom. The van der Waals surface area contributed by atoms with E-state index in [2.05, 4.69) is 17.1 Å². The molecule has 1 aliphatic carbocycles. The number of halogens is 1. The predicted octanol–water partition coefficient (Wildman–Crippen LogP) is 3.72. The highest BCUT2D eigenvalue weighted by Crippen LogP contribution is 2.46. The van der Waals surface area contributed by atoms with Crippen LogP contribution in [0.3, 0.4) is 0 Å². The van der Waals surface area contributed by atoms with Crippen LogP contribution in [0, 0.1) is 0 Å². The minimum atomic E-state index is 0.0176. The van der Waals surface area contributed by atoms with Crippen LogP contribution in [0.25, 0.3) is 10.9 Å². The van der Waals surface area contributed by atoms with E-state index >= 15 is 0 Å². The van der Waals surface area contributed by atoms with Gasteiger partial charge in [-0.2, -0.15) is 0 Å². The van der Waals surface area contributed by atoms with Gasteiger partial charge in [0.15, 0.2) is 0 Å². The van der Waals surface area contributed by atoms with Crippen molar-refractivity contribution in [2.75, 3.05) is 0 Å². The zero-order valence-corrected chi connectivity index (χ0v) is 10.0. The van der Waals surface area contributed by atoms with Gasteiger partial charge in [-0.1, -0.05) is 23.7 Å². The van der Waals surface area contributed by atoms with Gasteiger partial charge in [-0.25, -0.2) is 0 Å². The second-order valence-electron chi connectivity index (χ2n) is 4.69. The van der Waals surface area contributed by atoms with Crippen LogP contribution in [0.2, 0.25) is 5.02 Å². The second-order valence-corrected chi connectivity index (χ2v) is 5.06. The van der Waals surface area contributed by atoms with Crippen LogP contribution < -0.4 is 5.73 Å². The quantitative estimate of drug-likeness (QED) is 0.817. The first-order chi connectivity index (χ1) is 7.68. The Morgan fingerprint density at radius 3 is 2.81 bits per heavy atom. The standard InChI is InChI=1S/C13H15ClN2/c1-7(15)9-3-2-4-10-11(9)12(14)13(16-10)8-5-6-8/h2-4,7-8,16H,5-6,15H2,1H3. The molecule has 0 saturated heterocycles. The topological polar surface area (TPSA) is 41.8 Å². The van der Waals surface area contributed by atoms with Gasteiger partial charge < -0.3 is 10.7 Å². The van der Waals surface area contributed by atoms with Crippen molar-refractivity contribution in [2.45, 2.75) is 31.7 Å². The van der Waals surface area contributed by atoms with Crippen molar-refractivity contribution in [1.82, 2.24) is 4.98 Å². The van der Waals surface area contributed by atoms with Crippen LogP contribution in [0.1, 0.15) is 43.0 Å². The molecule has 0 amide bonds. The highest BCUT2D eigenvalue weighted by molar-refractivity contribution is 6.36. The van der Waals surface area contributed by atoms with E-state index in [0.29, 0.717) is 5.92 Å². The highest BCUT2D eigenvalue weighted by atomic mass is 35.5. The molecule has 1 heterocycles. The Morgan fingerprint density at radius 2 is 2.19 bits per heavy atom. The number of hydrogen-bond donors (Lipinski definition) is 2. The van der Waals surface area contributed by atoms with Crippen molar-refractivity contribution in [2.24, 2.45) is 5.73 Å². The molecule has 16 heavy (non-hydrogen) atoms. The maximum atomic E-state index is 6.45. The van der Waals surface area contributed by atoms with Gasteiger partial charge in [0.05, 0.1) is 5.02 Å². The molecule has 1 aromatic heterocycles. The number of fused-ring (bicyclic) bond motifs is 1. The van der Waals surface area contributed by atoms with Crippen LogP contribution in [0.15, 0.2) is 18.2 Å². The zero-order chi connectivity index (χ0) is 11.3. The lowest BCUT2D eigenvalue weighted by atomic mass is 10.0. The molecule has 2 nitrogen and oxygen atoms in total. The Bertz CT molecular complexity index is 538. The number of nitrogens with one attached hydrogen (secondary N) is 1. The molecule has 3 heteroatoms. The largest absolute Gasteiger partial charge is 0.357 e. The maximum absolute atomic E-state index is 6.45. The SMILES string of the molecule is CC(N)c1cccc2[nH]c(C3CC3)c(Cl)c12. The molecular formula is C13H15ClN2. The third kappa shape index (κ3) is 1.45. The molecule has 1 fully saturated rings. The summed E-state index contributed by atoms with van der Waals surface area (Å²) >= 11 is 6.45. The van der Waals surface area contributed by atoms with E-state index in [-0.39, 0.29) is 6.04 Å². The molecule has 1 aromatic carbocycles. The summed E-state index contributed by atoms with van der Waals surface area (Å²) in [4.78, 5) is 3.43. The van der Waals surface area contributed by atoms with E-state index in [1.807, 2.05) is 13.0 Å². The number of aromatic amines is 1. The highest BCUT2D eigenvalue weighted by Gasteiger charge is 2.29. The molecule has 0 aliphatic heterocycles. The number of benzene rings is 1. The lowest BCUT2D eigenvalue weighted by Gasteiger charge is -2.07. The average Bonchev–Trinajstić information content (AvgIpc) is 3.04. The van der Waals surface area contributed by atoms with Gasteiger partial charge >= 0.3 is 0 Å². The summed E-state index contributed by atoms with van der Waals surface area (Å²) in [6.45, 7) is 1.99. The molecule has 3 N–H and O–H groups in total. The van der Waals surface area contributed by atoms with Crippen LogP contribution in [-0.4, -0.2) is 4.98 Å². The molecule has 0 bridgehead atoms. The predicted molar refractivity (Wildman–Crippen MR) is 67.9 cm³/mol. The monoisotopic (exact) mass is 234 g/mol. The van der Waals surface area contributed by atoms with E-state index in [1.54, 1.807) is 0 Å². The average molecular weight is 235 g/mol. The van der Waals surface area contributed by atoms with Gasteiger partial charge in [0, 0.05) is 28.6 Å². The fraction of sp³-hybridized carbons (Fsp3) is 0.385. The third-order valence-corrected chi connectivity index (χ3v) is 3.69. The van der Waals surface area contributed by atoms with E-state index in [0.717, 1.165) is 21.5 Å². The maximum Gasteiger partial charge on any atom is 0.0698 e. The first-order valence-corrected chi connectivity index (χ1v) is 6.12. The number of rotatable bonds is 2. The van der Waals surface area contributed by atoms with Gasteiger partial charge in [0.1, 0.15) is 0 Å². The fourth-order valence-electron chi connectivity index (χ4n) is 2.29. The lowest BCUT2D eigenvalue weighted by Crippen LogP contribution is -2.04. The van der Waals surface area contributed by atoms with Gasteiger partial charge in [0.2, 0.25) is 0 Å². The number of aromatic nitrogens is 1. The third-order valence-electron chi connectivity index (χ3n) is 3.30. The molecule has 0 radical (unpaired) electrons. The first kappa shape index (κ1) is 10.2. The molecule has 1 saturated carbocycles. The van der Waals surface area contributed by atoms with Crippen molar-refractivity contribution in [3.05, 3.63) is 34.5 Å². The van der Waals surface area contributed by atoms with Crippen LogP contribution in [0.4, 0.5) is 0 Å². The molecule has 0 spiro atoms. The van der Waals surface area contributed by atoms with E-state index in [9.17, 15) is 0 Å². The van der Waals surface area contributed by atoms with Crippen molar-refractivity contribution >= 4 is 22.5 Å². The number of hydrogen-bond acceptors (Lipinski definition) is 1. The smallest absolute Gasteiger partial charge is 0.0698 e. The van der Waals surface area contributed by atoms with Crippen molar-refractivity contribution in [3.63, 3.8) is 0 Å². The molecule has 1 unspecified atom stereocenters. The summed E-state index contributed by atoms with van der Waals surface area (Å²) in [6, 6.07) is 6.18.